The summed E-state index contributed by atoms with van der Waals surface area (Å²) in [4.78, 5) is 14.4. The average Bonchev–Trinajstić information content (AvgIpc) is 2.53. The van der Waals surface area contributed by atoms with Crippen molar-refractivity contribution in [2.24, 2.45) is 5.92 Å². The van der Waals surface area contributed by atoms with Crippen molar-refractivity contribution < 1.29 is 17.9 Å². The third-order valence-electron chi connectivity index (χ3n) is 3.85. The summed E-state index contributed by atoms with van der Waals surface area (Å²) in [6, 6.07) is 7.13. The first kappa shape index (κ1) is 17.7. The molecule has 1 aliphatic heterocycles. The Bertz CT molecular complexity index is 628. The minimum Gasteiger partial charge on any atom is -0.494 e. The van der Waals surface area contributed by atoms with E-state index >= 15 is 0 Å². The van der Waals surface area contributed by atoms with Gasteiger partial charge in [-0.3, -0.25) is 4.79 Å². The number of nitrogens with zero attached hydrogens (tertiary/aromatic N) is 1. The van der Waals surface area contributed by atoms with Gasteiger partial charge in [-0.15, -0.1) is 0 Å². The summed E-state index contributed by atoms with van der Waals surface area (Å²) in [5.41, 5.74) is 0.630. The van der Waals surface area contributed by atoms with Crippen LogP contribution in [-0.2, 0) is 10.0 Å². The monoisotopic (exact) mass is 340 g/mol. The van der Waals surface area contributed by atoms with Crippen LogP contribution in [0.3, 0.4) is 0 Å². The zero-order chi connectivity index (χ0) is 16.9. The molecule has 1 heterocycles. The Morgan fingerprint density at radius 2 is 2.04 bits per heavy atom. The first-order valence-electron chi connectivity index (χ1n) is 7.86. The van der Waals surface area contributed by atoms with Gasteiger partial charge in [-0.1, -0.05) is 0 Å². The summed E-state index contributed by atoms with van der Waals surface area (Å²) in [6.45, 7) is 4.17. The molecule has 1 aromatic rings. The van der Waals surface area contributed by atoms with E-state index in [0.29, 0.717) is 31.8 Å². The van der Waals surface area contributed by atoms with Gasteiger partial charge in [0.05, 0.1) is 12.9 Å². The Balaban J connectivity index is 1.95. The van der Waals surface area contributed by atoms with Crippen molar-refractivity contribution in [2.45, 2.75) is 19.8 Å². The molecule has 0 radical (unpaired) electrons. The molecule has 1 saturated heterocycles. The molecule has 0 bridgehead atoms. The van der Waals surface area contributed by atoms with Crippen molar-refractivity contribution in [3.63, 3.8) is 0 Å². The highest BCUT2D eigenvalue weighted by molar-refractivity contribution is 7.88. The van der Waals surface area contributed by atoms with Crippen LogP contribution in [0.2, 0.25) is 0 Å². The fraction of sp³-hybridized carbons (Fsp3) is 0.562. The second-order valence-corrected chi connectivity index (χ2v) is 7.67. The minimum absolute atomic E-state index is 0.0166. The minimum atomic E-state index is -3.19. The standard InChI is InChI=1S/C16H24N2O4S/c1-3-22-15-8-6-14(7-9-15)16(19)18-10-4-5-13(12-18)11-17-23(2,20)21/h6-9,13,17H,3-5,10-12H2,1-2H3/t13-/m1/s1. The number of piperidine rings is 1. The van der Waals surface area contributed by atoms with Crippen LogP contribution in [0.25, 0.3) is 0 Å². The van der Waals surface area contributed by atoms with Crippen LogP contribution in [0.1, 0.15) is 30.1 Å². The van der Waals surface area contributed by atoms with E-state index in [4.69, 9.17) is 4.74 Å². The van der Waals surface area contributed by atoms with E-state index in [2.05, 4.69) is 4.72 Å². The van der Waals surface area contributed by atoms with Crippen LogP contribution < -0.4 is 9.46 Å². The van der Waals surface area contributed by atoms with Gasteiger partial charge < -0.3 is 9.64 Å². The lowest BCUT2D eigenvalue weighted by Gasteiger charge is -2.32. The first-order chi connectivity index (χ1) is 10.9. The van der Waals surface area contributed by atoms with Crippen molar-refractivity contribution in [1.82, 2.24) is 9.62 Å². The Morgan fingerprint density at radius 1 is 1.35 bits per heavy atom. The molecule has 7 heteroatoms. The number of likely N-dealkylation sites (tertiary alicyclic amines) is 1. The molecule has 2 rings (SSSR count). The number of sulfonamides is 1. The summed E-state index contributed by atoms with van der Waals surface area (Å²) in [5, 5.41) is 0. The zero-order valence-electron chi connectivity index (χ0n) is 13.6. The predicted octanol–water partition coefficient (Wildman–Crippen LogP) is 1.49. The summed E-state index contributed by atoms with van der Waals surface area (Å²) in [6.07, 6.45) is 2.97. The molecule has 1 amide bonds. The van der Waals surface area contributed by atoms with Crippen LogP contribution in [0.5, 0.6) is 5.75 Å². The molecule has 0 aliphatic carbocycles. The van der Waals surface area contributed by atoms with Crippen molar-refractivity contribution in [2.75, 3.05) is 32.5 Å². The van der Waals surface area contributed by atoms with E-state index in [1.165, 1.54) is 0 Å². The van der Waals surface area contributed by atoms with Gasteiger partial charge in [-0.2, -0.15) is 0 Å². The molecule has 1 aromatic carbocycles. The Morgan fingerprint density at radius 3 is 2.65 bits per heavy atom. The fourth-order valence-electron chi connectivity index (χ4n) is 2.73. The molecule has 1 aliphatic rings. The quantitative estimate of drug-likeness (QED) is 0.851. The van der Waals surface area contributed by atoms with Gasteiger partial charge in [-0.25, -0.2) is 13.1 Å². The predicted molar refractivity (Wildman–Crippen MR) is 89.1 cm³/mol. The molecule has 0 aromatic heterocycles. The number of amides is 1. The maximum Gasteiger partial charge on any atom is 0.253 e. The average molecular weight is 340 g/mol. The van der Waals surface area contributed by atoms with E-state index in [1.807, 2.05) is 6.92 Å². The number of hydrogen-bond donors (Lipinski definition) is 1. The molecule has 128 valence electrons. The van der Waals surface area contributed by atoms with Crippen molar-refractivity contribution in [3.05, 3.63) is 29.8 Å². The third kappa shape index (κ3) is 5.51. The molecular formula is C16H24N2O4S. The van der Waals surface area contributed by atoms with Gasteiger partial charge in [0, 0.05) is 25.2 Å². The fourth-order valence-corrected chi connectivity index (χ4v) is 3.27. The summed E-state index contributed by atoms with van der Waals surface area (Å²) in [7, 11) is -3.19. The smallest absolute Gasteiger partial charge is 0.253 e. The van der Waals surface area contributed by atoms with Crippen molar-refractivity contribution >= 4 is 15.9 Å². The molecule has 0 unspecified atom stereocenters. The Hall–Kier alpha value is -1.60. The molecule has 0 saturated carbocycles. The maximum absolute atomic E-state index is 12.6. The molecular weight excluding hydrogens is 316 g/mol. The largest absolute Gasteiger partial charge is 0.494 e. The second-order valence-electron chi connectivity index (χ2n) is 5.84. The summed E-state index contributed by atoms with van der Waals surface area (Å²) in [5.74, 6) is 0.889. The number of carbonyl (C=O) groups is 1. The zero-order valence-corrected chi connectivity index (χ0v) is 14.4. The van der Waals surface area contributed by atoms with Crippen LogP contribution >= 0.6 is 0 Å². The molecule has 6 nitrogen and oxygen atoms in total. The Kier molecular flexibility index (Phi) is 6.01. The van der Waals surface area contributed by atoms with Gasteiger partial charge in [0.1, 0.15) is 5.75 Å². The van der Waals surface area contributed by atoms with Crippen LogP contribution in [0.15, 0.2) is 24.3 Å². The van der Waals surface area contributed by atoms with Crippen LogP contribution in [-0.4, -0.2) is 51.7 Å². The number of hydrogen-bond acceptors (Lipinski definition) is 4. The van der Waals surface area contributed by atoms with Gasteiger partial charge >= 0.3 is 0 Å². The van der Waals surface area contributed by atoms with E-state index in [1.54, 1.807) is 29.2 Å². The van der Waals surface area contributed by atoms with Gasteiger partial charge in [0.25, 0.3) is 5.91 Å². The molecule has 1 atom stereocenters. The van der Waals surface area contributed by atoms with Crippen molar-refractivity contribution in [3.8, 4) is 5.75 Å². The maximum atomic E-state index is 12.6. The topological polar surface area (TPSA) is 75.7 Å². The number of benzene rings is 1. The van der Waals surface area contributed by atoms with Crippen LogP contribution in [0.4, 0.5) is 0 Å². The Labute approximate surface area is 137 Å². The lowest BCUT2D eigenvalue weighted by Crippen LogP contribution is -2.43. The second kappa shape index (κ2) is 7.79. The van der Waals surface area contributed by atoms with E-state index in [9.17, 15) is 13.2 Å². The van der Waals surface area contributed by atoms with Gasteiger partial charge in [0.2, 0.25) is 10.0 Å². The first-order valence-corrected chi connectivity index (χ1v) is 9.75. The van der Waals surface area contributed by atoms with Crippen LogP contribution in [0, 0.1) is 5.92 Å². The lowest BCUT2D eigenvalue weighted by molar-refractivity contribution is 0.0676. The third-order valence-corrected chi connectivity index (χ3v) is 4.54. The number of rotatable bonds is 6. The lowest BCUT2D eigenvalue weighted by atomic mass is 9.97. The molecule has 1 N–H and O–H groups in total. The highest BCUT2D eigenvalue weighted by atomic mass is 32.2. The SMILES string of the molecule is CCOc1ccc(C(=O)N2CCC[C@H](CNS(C)(=O)=O)C2)cc1. The number of nitrogens with one attached hydrogen (secondary N) is 1. The van der Waals surface area contributed by atoms with Crippen molar-refractivity contribution in [1.29, 1.82) is 0 Å². The van der Waals surface area contributed by atoms with Gasteiger partial charge in [-0.05, 0) is 49.9 Å². The summed E-state index contributed by atoms with van der Waals surface area (Å²) >= 11 is 0. The summed E-state index contributed by atoms with van der Waals surface area (Å²) < 4.78 is 30.3. The number of carbonyl (C=O) groups excluding carboxylic acids is 1. The normalized spacial score (nSPS) is 18.7. The highest BCUT2D eigenvalue weighted by Crippen LogP contribution is 2.20. The molecule has 1 fully saturated rings. The van der Waals surface area contributed by atoms with E-state index in [-0.39, 0.29) is 11.8 Å². The highest BCUT2D eigenvalue weighted by Gasteiger charge is 2.25. The number of ether oxygens (including phenoxy) is 1. The van der Waals surface area contributed by atoms with E-state index < -0.39 is 10.0 Å². The molecule has 23 heavy (non-hydrogen) atoms. The van der Waals surface area contributed by atoms with Gasteiger partial charge in [0.15, 0.2) is 0 Å². The molecule has 0 spiro atoms. The van der Waals surface area contributed by atoms with E-state index in [0.717, 1.165) is 24.8 Å².